The van der Waals surface area contributed by atoms with E-state index >= 15 is 0 Å². The molecule has 0 atom stereocenters. The number of rotatable bonds is 10. The highest BCUT2D eigenvalue weighted by Crippen LogP contribution is 2.14. The quantitative estimate of drug-likeness (QED) is 0.378. The summed E-state index contributed by atoms with van der Waals surface area (Å²) in [6, 6.07) is 0. The lowest BCUT2D eigenvalue weighted by Gasteiger charge is -2.30. The molecule has 0 radical (unpaired) electrons. The van der Waals surface area contributed by atoms with Crippen molar-refractivity contribution in [2.75, 3.05) is 13.3 Å². The smallest absolute Gasteiger partial charge is 0.412 e. The van der Waals surface area contributed by atoms with Gasteiger partial charge in [-0.3, -0.25) is 4.90 Å². The molecule has 0 aliphatic rings. The minimum atomic E-state index is -0.475. The van der Waals surface area contributed by atoms with E-state index in [1.54, 1.807) is 4.90 Å². The van der Waals surface area contributed by atoms with Crippen molar-refractivity contribution < 1.29 is 14.3 Å². The first-order valence-electron chi connectivity index (χ1n) is 9.17. The molecule has 0 aromatic heterocycles. The number of hydrogen-bond acceptors (Lipinski definition) is 3. The third kappa shape index (κ3) is 14.5. The molecule has 0 saturated carbocycles. The van der Waals surface area contributed by atoms with Gasteiger partial charge in [0.05, 0.1) is 5.60 Å². The third-order valence-electron chi connectivity index (χ3n) is 3.34. The van der Waals surface area contributed by atoms with Gasteiger partial charge in [0.1, 0.15) is 12.3 Å². The third-order valence-corrected chi connectivity index (χ3v) is 3.34. The summed E-state index contributed by atoms with van der Waals surface area (Å²) in [5.41, 5.74) is -0.738. The Kier molecular flexibility index (Phi) is 10.5. The van der Waals surface area contributed by atoms with E-state index in [1.165, 1.54) is 32.1 Å². The van der Waals surface area contributed by atoms with Crippen molar-refractivity contribution in [2.24, 2.45) is 0 Å². The van der Waals surface area contributed by atoms with Crippen LogP contribution in [0.3, 0.4) is 0 Å². The largest absolute Gasteiger partial charge is 0.444 e. The highest BCUT2D eigenvalue weighted by Gasteiger charge is 2.23. The summed E-state index contributed by atoms with van der Waals surface area (Å²) in [6.07, 6.45) is 8.31. The normalized spacial score (nSPS) is 12.3. The van der Waals surface area contributed by atoms with Crippen LogP contribution in [-0.4, -0.2) is 35.5 Å². The number of nitrogens with zero attached hydrogens (tertiary/aromatic N) is 1. The molecule has 0 spiro atoms. The van der Waals surface area contributed by atoms with Crippen LogP contribution in [0.1, 0.15) is 93.4 Å². The lowest BCUT2D eigenvalue weighted by atomic mass is 10.1. The van der Waals surface area contributed by atoms with E-state index in [0.29, 0.717) is 6.54 Å². The Balaban J connectivity index is 4.24. The van der Waals surface area contributed by atoms with Crippen molar-refractivity contribution in [1.82, 2.24) is 4.90 Å². The highest BCUT2D eigenvalue weighted by atomic mass is 16.6. The molecule has 138 valence electrons. The zero-order chi connectivity index (χ0) is 17.9. The van der Waals surface area contributed by atoms with E-state index in [1.807, 2.05) is 41.5 Å². The molecule has 0 aromatic carbocycles. The summed E-state index contributed by atoms with van der Waals surface area (Å²) in [4.78, 5) is 14.0. The zero-order valence-electron chi connectivity index (χ0n) is 16.5. The molecule has 4 heteroatoms. The predicted molar refractivity (Wildman–Crippen MR) is 96.6 cm³/mol. The summed E-state index contributed by atoms with van der Waals surface area (Å²) < 4.78 is 11.2. The molecule has 0 aromatic rings. The number of carbonyl (C=O) groups is 1. The Hall–Kier alpha value is -0.770. The molecular weight excluding hydrogens is 290 g/mol. The van der Waals surface area contributed by atoms with Crippen LogP contribution in [0, 0.1) is 0 Å². The van der Waals surface area contributed by atoms with Gasteiger partial charge in [-0.25, -0.2) is 4.79 Å². The fraction of sp³-hybridized carbons (Fsp3) is 0.947. The van der Waals surface area contributed by atoms with Crippen LogP contribution in [0.15, 0.2) is 0 Å². The summed E-state index contributed by atoms with van der Waals surface area (Å²) >= 11 is 0. The lowest BCUT2D eigenvalue weighted by molar-refractivity contribution is -0.0682. The zero-order valence-corrected chi connectivity index (χ0v) is 16.5. The van der Waals surface area contributed by atoms with Crippen LogP contribution >= 0.6 is 0 Å². The minimum Gasteiger partial charge on any atom is -0.444 e. The SMILES string of the molecule is CCCCCCCCCN(COC(C)(C)C)C(=O)OC(C)(C)C. The molecule has 0 N–H and O–H groups in total. The number of ether oxygens (including phenoxy) is 2. The Morgan fingerprint density at radius 1 is 0.826 bits per heavy atom. The standard InChI is InChI=1S/C19H39NO3/c1-8-9-10-11-12-13-14-15-20(16-22-18(2,3)4)17(21)23-19(5,6)7/h8-16H2,1-7H3. The van der Waals surface area contributed by atoms with Crippen molar-refractivity contribution in [3.8, 4) is 0 Å². The average molecular weight is 330 g/mol. The topological polar surface area (TPSA) is 38.8 Å². The monoisotopic (exact) mass is 329 g/mol. The second kappa shape index (κ2) is 10.9. The summed E-state index contributed by atoms with van der Waals surface area (Å²) in [5.74, 6) is 0. The Labute approximate surface area is 143 Å². The van der Waals surface area contributed by atoms with Gasteiger partial charge in [0.25, 0.3) is 0 Å². The van der Waals surface area contributed by atoms with Crippen molar-refractivity contribution >= 4 is 6.09 Å². The maximum atomic E-state index is 12.3. The van der Waals surface area contributed by atoms with E-state index in [2.05, 4.69) is 6.92 Å². The van der Waals surface area contributed by atoms with Crippen molar-refractivity contribution in [2.45, 2.75) is 105 Å². The first-order chi connectivity index (χ1) is 10.5. The summed E-state index contributed by atoms with van der Waals surface area (Å²) in [7, 11) is 0. The Bertz CT molecular complexity index is 316. The van der Waals surface area contributed by atoms with Gasteiger partial charge in [0.15, 0.2) is 0 Å². The fourth-order valence-corrected chi connectivity index (χ4v) is 2.07. The van der Waals surface area contributed by atoms with Gasteiger partial charge < -0.3 is 9.47 Å². The van der Waals surface area contributed by atoms with Gasteiger partial charge in [-0.05, 0) is 48.0 Å². The summed E-state index contributed by atoms with van der Waals surface area (Å²) in [5, 5.41) is 0. The van der Waals surface area contributed by atoms with E-state index < -0.39 is 5.60 Å². The van der Waals surface area contributed by atoms with Gasteiger partial charge in [0.2, 0.25) is 0 Å². The van der Waals surface area contributed by atoms with Crippen LogP contribution < -0.4 is 0 Å². The van der Waals surface area contributed by atoms with E-state index in [0.717, 1.165) is 12.8 Å². The van der Waals surface area contributed by atoms with E-state index in [9.17, 15) is 4.79 Å². The molecular formula is C19H39NO3. The molecule has 0 heterocycles. The molecule has 0 fully saturated rings. The molecule has 0 bridgehead atoms. The van der Waals surface area contributed by atoms with Crippen LogP contribution in [0.5, 0.6) is 0 Å². The molecule has 0 aliphatic heterocycles. The number of carbonyl (C=O) groups excluding carboxylic acids is 1. The molecule has 0 aliphatic carbocycles. The maximum absolute atomic E-state index is 12.3. The molecule has 0 rings (SSSR count). The summed E-state index contributed by atoms with van der Waals surface area (Å²) in [6.45, 7) is 14.9. The number of amides is 1. The predicted octanol–water partition coefficient (Wildman–Crippen LogP) is 5.75. The highest BCUT2D eigenvalue weighted by molar-refractivity contribution is 5.67. The second-order valence-corrected chi connectivity index (χ2v) is 8.25. The first-order valence-corrected chi connectivity index (χ1v) is 9.17. The van der Waals surface area contributed by atoms with Gasteiger partial charge in [-0.15, -0.1) is 0 Å². The van der Waals surface area contributed by atoms with Crippen molar-refractivity contribution in [3.05, 3.63) is 0 Å². The molecule has 23 heavy (non-hydrogen) atoms. The van der Waals surface area contributed by atoms with E-state index in [4.69, 9.17) is 9.47 Å². The van der Waals surface area contributed by atoms with Crippen molar-refractivity contribution in [3.63, 3.8) is 0 Å². The lowest BCUT2D eigenvalue weighted by Crippen LogP contribution is -2.40. The fourth-order valence-electron chi connectivity index (χ4n) is 2.07. The molecule has 1 amide bonds. The van der Waals surface area contributed by atoms with Gasteiger partial charge >= 0.3 is 6.09 Å². The number of unbranched alkanes of at least 4 members (excludes halogenated alkanes) is 6. The second-order valence-electron chi connectivity index (χ2n) is 8.25. The van der Waals surface area contributed by atoms with E-state index in [-0.39, 0.29) is 18.4 Å². The average Bonchev–Trinajstić information content (AvgIpc) is 2.37. The molecule has 0 saturated heterocycles. The van der Waals surface area contributed by atoms with Gasteiger partial charge in [-0.1, -0.05) is 45.4 Å². The molecule has 0 unspecified atom stereocenters. The maximum Gasteiger partial charge on any atom is 0.412 e. The number of hydrogen-bond donors (Lipinski definition) is 0. The van der Waals surface area contributed by atoms with Crippen molar-refractivity contribution in [1.29, 1.82) is 0 Å². The van der Waals surface area contributed by atoms with Gasteiger partial charge in [0, 0.05) is 6.54 Å². The minimum absolute atomic E-state index is 0.263. The van der Waals surface area contributed by atoms with Gasteiger partial charge in [-0.2, -0.15) is 0 Å². The Morgan fingerprint density at radius 3 is 1.83 bits per heavy atom. The first kappa shape index (κ1) is 22.2. The van der Waals surface area contributed by atoms with Crippen LogP contribution in [0.2, 0.25) is 0 Å². The van der Waals surface area contributed by atoms with Crippen LogP contribution in [-0.2, 0) is 9.47 Å². The molecule has 4 nitrogen and oxygen atoms in total. The Morgan fingerprint density at radius 2 is 1.35 bits per heavy atom. The van der Waals surface area contributed by atoms with Crippen LogP contribution in [0.25, 0.3) is 0 Å². The van der Waals surface area contributed by atoms with Crippen LogP contribution in [0.4, 0.5) is 4.79 Å².